The minimum Gasteiger partial charge on any atom is -0.396 e. The molecule has 0 aliphatic heterocycles. The SMILES string of the molecule is CCc1ccc([C@H](N)C(C)(C)CO)s1.Cl. The van der Waals surface area contributed by atoms with E-state index in [0.29, 0.717) is 0 Å². The lowest BCUT2D eigenvalue weighted by atomic mass is 9.85. The molecule has 15 heavy (non-hydrogen) atoms. The van der Waals surface area contributed by atoms with E-state index in [2.05, 4.69) is 19.1 Å². The molecule has 0 saturated heterocycles. The number of thiophene rings is 1. The summed E-state index contributed by atoms with van der Waals surface area (Å²) in [5, 5.41) is 9.21. The zero-order valence-corrected chi connectivity index (χ0v) is 11.1. The van der Waals surface area contributed by atoms with Crippen molar-refractivity contribution in [2.75, 3.05) is 6.61 Å². The number of aliphatic hydroxyl groups excluding tert-OH is 1. The first-order chi connectivity index (χ1) is 6.51. The molecule has 0 amide bonds. The highest BCUT2D eigenvalue weighted by atomic mass is 35.5. The molecule has 1 atom stereocenters. The van der Waals surface area contributed by atoms with Crippen molar-refractivity contribution in [2.45, 2.75) is 33.2 Å². The van der Waals surface area contributed by atoms with Gasteiger partial charge in [-0.3, -0.25) is 0 Å². The number of aryl methyl sites for hydroxylation is 1. The standard InChI is InChI=1S/C11H19NOS.ClH/c1-4-8-5-6-9(14-8)10(12)11(2,3)7-13;/h5-6,10,13H,4,7,12H2,1-3H3;1H/t10-;/m0./s1. The summed E-state index contributed by atoms with van der Waals surface area (Å²) in [4.78, 5) is 2.52. The number of hydrogen-bond donors (Lipinski definition) is 2. The van der Waals surface area contributed by atoms with E-state index in [1.807, 2.05) is 13.8 Å². The van der Waals surface area contributed by atoms with Gasteiger partial charge in [0.1, 0.15) is 0 Å². The Morgan fingerprint density at radius 1 is 1.47 bits per heavy atom. The van der Waals surface area contributed by atoms with Crippen molar-refractivity contribution in [3.05, 3.63) is 21.9 Å². The number of rotatable bonds is 4. The summed E-state index contributed by atoms with van der Waals surface area (Å²) in [6, 6.07) is 4.12. The van der Waals surface area contributed by atoms with Crippen LogP contribution in [0.3, 0.4) is 0 Å². The number of aliphatic hydroxyl groups is 1. The van der Waals surface area contributed by atoms with Gasteiger partial charge in [-0.2, -0.15) is 0 Å². The van der Waals surface area contributed by atoms with Crippen LogP contribution in [0.25, 0.3) is 0 Å². The zero-order valence-electron chi connectivity index (χ0n) is 9.49. The van der Waals surface area contributed by atoms with Gasteiger partial charge in [-0.05, 0) is 18.6 Å². The monoisotopic (exact) mass is 249 g/mol. The Morgan fingerprint density at radius 3 is 2.47 bits per heavy atom. The summed E-state index contributed by atoms with van der Waals surface area (Å²) in [6.07, 6.45) is 1.05. The Labute approximate surface area is 102 Å². The Morgan fingerprint density at radius 2 is 2.07 bits per heavy atom. The number of nitrogens with two attached hydrogens (primary N) is 1. The van der Waals surface area contributed by atoms with Gasteiger partial charge in [-0.1, -0.05) is 20.8 Å². The highest BCUT2D eigenvalue weighted by molar-refractivity contribution is 7.12. The van der Waals surface area contributed by atoms with Gasteiger partial charge in [-0.15, -0.1) is 23.7 Å². The summed E-state index contributed by atoms with van der Waals surface area (Å²) >= 11 is 1.75. The van der Waals surface area contributed by atoms with E-state index in [1.54, 1.807) is 11.3 Å². The zero-order chi connectivity index (χ0) is 10.8. The minimum atomic E-state index is -0.240. The normalized spacial score (nSPS) is 13.4. The molecule has 0 bridgehead atoms. The van der Waals surface area contributed by atoms with Gasteiger partial charge in [-0.25, -0.2) is 0 Å². The molecule has 0 aromatic carbocycles. The summed E-state index contributed by atoms with van der Waals surface area (Å²) in [7, 11) is 0. The maximum atomic E-state index is 9.21. The van der Waals surface area contributed by atoms with Crippen LogP contribution >= 0.6 is 23.7 Å². The van der Waals surface area contributed by atoms with Crippen LogP contribution in [0.15, 0.2) is 12.1 Å². The van der Waals surface area contributed by atoms with Crippen molar-refractivity contribution in [1.29, 1.82) is 0 Å². The molecule has 0 radical (unpaired) electrons. The van der Waals surface area contributed by atoms with E-state index in [4.69, 9.17) is 5.73 Å². The van der Waals surface area contributed by atoms with Crippen LogP contribution in [0.1, 0.15) is 36.6 Å². The van der Waals surface area contributed by atoms with Gasteiger partial charge in [0.2, 0.25) is 0 Å². The van der Waals surface area contributed by atoms with E-state index >= 15 is 0 Å². The summed E-state index contributed by atoms with van der Waals surface area (Å²) < 4.78 is 0. The molecule has 0 saturated carbocycles. The average Bonchev–Trinajstić information content (AvgIpc) is 2.64. The Bertz CT molecular complexity index is 299. The van der Waals surface area contributed by atoms with E-state index in [0.717, 1.165) is 6.42 Å². The first kappa shape index (κ1) is 14.9. The van der Waals surface area contributed by atoms with Crippen LogP contribution in [-0.2, 0) is 6.42 Å². The molecule has 4 heteroatoms. The fourth-order valence-corrected chi connectivity index (χ4v) is 2.40. The Balaban J connectivity index is 0.00000196. The molecule has 3 N–H and O–H groups in total. The molecule has 1 heterocycles. The second-order valence-electron chi connectivity index (χ2n) is 4.28. The van der Waals surface area contributed by atoms with Crippen molar-refractivity contribution in [2.24, 2.45) is 11.1 Å². The fourth-order valence-electron chi connectivity index (χ4n) is 1.24. The maximum absolute atomic E-state index is 9.21. The van der Waals surface area contributed by atoms with Gasteiger partial charge in [0.05, 0.1) is 6.61 Å². The van der Waals surface area contributed by atoms with Crippen molar-refractivity contribution >= 4 is 23.7 Å². The van der Waals surface area contributed by atoms with E-state index in [1.165, 1.54) is 9.75 Å². The molecule has 2 nitrogen and oxygen atoms in total. The third-order valence-corrected chi connectivity index (χ3v) is 3.90. The molecule has 1 rings (SSSR count). The smallest absolute Gasteiger partial charge is 0.0500 e. The Kier molecular flexibility index (Phi) is 5.81. The van der Waals surface area contributed by atoms with Gasteiger partial charge < -0.3 is 10.8 Å². The molecular weight excluding hydrogens is 230 g/mol. The summed E-state index contributed by atoms with van der Waals surface area (Å²) in [5.41, 5.74) is 5.86. The lowest BCUT2D eigenvalue weighted by molar-refractivity contribution is 0.133. The topological polar surface area (TPSA) is 46.2 Å². The van der Waals surface area contributed by atoms with Crippen LogP contribution in [0.2, 0.25) is 0 Å². The summed E-state index contributed by atoms with van der Waals surface area (Å²) in [6.45, 7) is 6.23. The van der Waals surface area contributed by atoms with Crippen molar-refractivity contribution in [3.63, 3.8) is 0 Å². The lowest BCUT2D eigenvalue weighted by Crippen LogP contribution is -2.31. The predicted molar refractivity (Wildman–Crippen MR) is 68.7 cm³/mol. The molecule has 1 aromatic heterocycles. The fraction of sp³-hybridized carbons (Fsp3) is 0.636. The molecule has 0 unspecified atom stereocenters. The first-order valence-electron chi connectivity index (χ1n) is 4.96. The largest absolute Gasteiger partial charge is 0.396 e. The van der Waals surface area contributed by atoms with Gasteiger partial charge >= 0.3 is 0 Å². The second kappa shape index (κ2) is 5.85. The quantitative estimate of drug-likeness (QED) is 0.862. The van der Waals surface area contributed by atoms with Crippen LogP contribution in [0.5, 0.6) is 0 Å². The lowest BCUT2D eigenvalue weighted by Gasteiger charge is -2.28. The molecule has 88 valence electrons. The van der Waals surface area contributed by atoms with E-state index < -0.39 is 0 Å². The van der Waals surface area contributed by atoms with E-state index in [9.17, 15) is 5.11 Å². The highest BCUT2D eigenvalue weighted by Crippen LogP contribution is 2.34. The van der Waals surface area contributed by atoms with Crippen molar-refractivity contribution < 1.29 is 5.11 Å². The van der Waals surface area contributed by atoms with Gasteiger partial charge in [0.25, 0.3) is 0 Å². The number of hydrogen-bond acceptors (Lipinski definition) is 3. The number of halogens is 1. The van der Waals surface area contributed by atoms with Crippen LogP contribution < -0.4 is 5.73 Å². The summed E-state index contributed by atoms with van der Waals surface area (Å²) in [5.74, 6) is 0. The molecule has 0 spiro atoms. The van der Waals surface area contributed by atoms with Crippen LogP contribution in [0, 0.1) is 5.41 Å². The maximum Gasteiger partial charge on any atom is 0.0500 e. The average molecular weight is 250 g/mol. The second-order valence-corrected chi connectivity index (χ2v) is 5.48. The Hall–Kier alpha value is -0.0900. The first-order valence-corrected chi connectivity index (χ1v) is 5.78. The van der Waals surface area contributed by atoms with E-state index in [-0.39, 0.29) is 30.5 Å². The van der Waals surface area contributed by atoms with Crippen LogP contribution in [0.4, 0.5) is 0 Å². The van der Waals surface area contributed by atoms with Gasteiger partial charge in [0, 0.05) is 21.2 Å². The third-order valence-electron chi connectivity index (χ3n) is 2.59. The van der Waals surface area contributed by atoms with Gasteiger partial charge in [0.15, 0.2) is 0 Å². The van der Waals surface area contributed by atoms with Crippen molar-refractivity contribution in [1.82, 2.24) is 0 Å². The van der Waals surface area contributed by atoms with Crippen molar-refractivity contribution in [3.8, 4) is 0 Å². The van der Waals surface area contributed by atoms with Crippen LogP contribution in [-0.4, -0.2) is 11.7 Å². The predicted octanol–water partition coefficient (Wildman–Crippen LogP) is 2.75. The molecule has 1 aromatic rings. The molecular formula is C11H20ClNOS. The third kappa shape index (κ3) is 3.45. The molecule has 0 aliphatic rings. The molecule has 0 aliphatic carbocycles. The minimum absolute atomic E-state index is 0. The molecule has 0 fully saturated rings. The highest BCUT2D eigenvalue weighted by Gasteiger charge is 2.27.